The molecule has 150 valence electrons. The van der Waals surface area contributed by atoms with Crippen molar-refractivity contribution >= 4 is 68.4 Å². The number of anilines is 1. The van der Waals surface area contributed by atoms with Gasteiger partial charge in [-0.05, 0) is 90.4 Å². The van der Waals surface area contributed by atoms with E-state index in [9.17, 15) is 9.59 Å². The number of carbonyl (C=O) groups is 2. The highest BCUT2D eigenvalue weighted by molar-refractivity contribution is 9.10. The minimum atomic E-state index is -0.548. The number of nitrogens with one attached hydrogen (secondary N) is 1. The molecule has 1 aliphatic rings. The SMILES string of the molecule is Cc1ccc(N2C(=O)/C(=C/c3ccc(OC(C)C)c(Br)c3)C(=O)NC2=S)cc1Cl. The molecule has 2 amide bonds. The highest BCUT2D eigenvalue weighted by atomic mass is 79.9. The van der Waals surface area contributed by atoms with Gasteiger partial charge in [-0.3, -0.25) is 19.8 Å². The Morgan fingerprint density at radius 2 is 1.93 bits per heavy atom. The van der Waals surface area contributed by atoms with Crippen molar-refractivity contribution in [2.24, 2.45) is 0 Å². The minimum Gasteiger partial charge on any atom is -0.490 e. The molecule has 0 saturated carbocycles. The number of amides is 2. The summed E-state index contributed by atoms with van der Waals surface area (Å²) >= 11 is 14.9. The molecule has 1 heterocycles. The fraction of sp³-hybridized carbons (Fsp3) is 0.190. The van der Waals surface area contributed by atoms with Crippen molar-refractivity contribution in [2.75, 3.05) is 4.90 Å². The molecule has 0 bridgehead atoms. The molecule has 2 aromatic rings. The summed E-state index contributed by atoms with van der Waals surface area (Å²) in [7, 11) is 0. The van der Waals surface area contributed by atoms with Gasteiger partial charge in [-0.25, -0.2) is 0 Å². The van der Waals surface area contributed by atoms with Gasteiger partial charge in [0.2, 0.25) is 0 Å². The molecule has 1 saturated heterocycles. The van der Waals surface area contributed by atoms with E-state index in [4.69, 9.17) is 28.6 Å². The van der Waals surface area contributed by atoms with E-state index in [-0.39, 0.29) is 16.8 Å². The smallest absolute Gasteiger partial charge is 0.270 e. The second kappa shape index (κ2) is 8.65. The number of carbonyl (C=O) groups excluding carboxylic acids is 2. The zero-order chi connectivity index (χ0) is 21.3. The Morgan fingerprint density at radius 3 is 2.55 bits per heavy atom. The Labute approximate surface area is 187 Å². The largest absolute Gasteiger partial charge is 0.490 e. The van der Waals surface area contributed by atoms with E-state index < -0.39 is 11.8 Å². The van der Waals surface area contributed by atoms with Crippen LogP contribution in [0.3, 0.4) is 0 Å². The number of nitrogens with zero attached hydrogens (tertiary/aromatic N) is 1. The van der Waals surface area contributed by atoms with E-state index in [1.807, 2.05) is 20.8 Å². The van der Waals surface area contributed by atoms with Crippen LogP contribution < -0.4 is 15.0 Å². The van der Waals surface area contributed by atoms with E-state index in [0.29, 0.717) is 22.0 Å². The third-order valence-electron chi connectivity index (χ3n) is 4.14. The molecule has 5 nitrogen and oxygen atoms in total. The van der Waals surface area contributed by atoms with Crippen LogP contribution in [-0.4, -0.2) is 23.0 Å². The summed E-state index contributed by atoms with van der Waals surface area (Å²) in [6.45, 7) is 5.73. The first-order valence-corrected chi connectivity index (χ1v) is 10.4. The maximum atomic E-state index is 13.1. The summed E-state index contributed by atoms with van der Waals surface area (Å²) < 4.78 is 6.41. The van der Waals surface area contributed by atoms with Crippen molar-refractivity contribution in [3.8, 4) is 5.75 Å². The third-order valence-corrected chi connectivity index (χ3v) is 5.46. The van der Waals surface area contributed by atoms with E-state index in [0.717, 1.165) is 10.0 Å². The van der Waals surface area contributed by atoms with Crippen molar-refractivity contribution in [2.45, 2.75) is 26.9 Å². The van der Waals surface area contributed by atoms with Crippen LogP contribution in [0.4, 0.5) is 5.69 Å². The zero-order valence-corrected chi connectivity index (χ0v) is 19.1. The molecule has 0 atom stereocenters. The molecule has 3 rings (SSSR count). The van der Waals surface area contributed by atoms with Crippen molar-refractivity contribution in [1.82, 2.24) is 5.32 Å². The lowest BCUT2D eigenvalue weighted by molar-refractivity contribution is -0.122. The summed E-state index contributed by atoms with van der Waals surface area (Å²) in [6.07, 6.45) is 1.55. The van der Waals surface area contributed by atoms with Crippen LogP contribution in [-0.2, 0) is 9.59 Å². The topological polar surface area (TPSA) is 58.6 Å². The predicted octanol–water partition coefficient (Wildman–Crippen LogP) is 5.03. The Hall–Kier alpha value is -2.22. The van der Waals surface area contributed by atoms with Gasteiger partial charge < -0.3 is 4.74 Å². The van der Waals surface area contributed by atoms with Gasteiger partial charge in [0.25, 0.3) is 11.8 Å². The van der Waals surface area contributed by atoms with Crippen LogP contribution in [0.15, 0.2) is 46.4 Å². The predicted molar refractivity (Wildman–Crippen MR) is 122 cm³/mol. The molecule has 1 aliphatic heterocycles. The molecular weight excluding hydrogens is 476 g/mol. The number of halogens is 2. The Balaban J connectivity index is 1.97. The number of benzene rings is 2. The van der Waals surface area contributed by atoms with Gasteiger partial charge in [-0.2, -0.15) is 0 Å². The van der Waals surface area contributed by atoms with Crippen molar-refractivity contribution < 1.29 is 14.3 Å². The van der Waals surface area contributed by atoms with Crippen LogP contribution in [0.5, 0.6) is 5.75 Å². The summed E-state index contributed by atoms with van der Waals surface area (Å²) in [4.78, 5) is 26.8. The number of hydrogen-bond acceptors (Lipinski definition) is 4. The van der Waals surface area contributed by atoms with Crippen molar-refractivity contribution in [3.05, 3.63) is 62.6 Å². The highest BCUT2D eigenvalue weighted by Gasteiger charge is 2.34. The quantitative estimate of drug-likeness (QED) is 0.369. The van der Waals surface area contributed by atoms with E-state index in [2.05, 4.69) is 21.2 Å². The van der Waals surface area contributed by atoms with Crippen LogP contribution in [0.2, 0.25) is 5.02 Å². The molecule has 2 aromatic carbocycles. The standard InChI is InChI=1S/C21H18BrClN2O3S/c1-11(2)28-18-7-5-13(9-16(18)22)8-15-19(26)24-21(29)25(20(15)27)14-6-4-12(3)17(23)10-14/h4-11H,1-3H3,(H,24,26,29)/b15-8+. The average molecular weight is 494 g/mol. The number of hydrogen-bond donors (Lipinski definition) is 1. The molecule has 1 N–H and O–H groups in total. The average Bonchev–Trinajstić information content (AvgIpc) is 2.63. The van der Waals surface area contributed by atoms with Gasteiger partial charge in [0.05, 0.1) is 16.3 Å². The molecule has 0 spiro atoms. The fourth-order valence-corrected chi connectivity index (χ4v) is 3.68. The first kappa shape index (κ1) is 21.5. The highest BCUT2D eigenvalue weighted by Crippen LogP contribution is 2.30. The number of ether oxygens (including phenoxy) is 1. The zero-order valence-electron chi connectivity index (χ0n) is 16.0. The van der Waals surface area contributed by atoms with E-state index >= 15 is 0 Å². The maximum Gasteiger partial charge on any atom is 0.270 e. The number of thiocarbonyl (C=S) groups is 1. The molecular formula is C21H18BrClN2O3S. The molecule has 0 aromatic heterocycles. The van der Waals surface area contributed by atoms with E-state index in [1.54, 1.807) is 36.4 Å². The van der Waals surface area contributed by atoms with Crippen molar-refractivity contribution in [3.63, 3.8) is 0 Å². The van der Waals surface area contributed by atoms with Gasteiger partial charge in [-0.15, -0.1) is 0 Å². The lowest BCUT2D eigenvalue weighted by Crippen LogP contribution is -2.54. The number of rotatable bonds is 4. The summed E-state index contributed by atoms with van der Waals surface area (Å²) in [5.41, 5.74) is 2.00. The van der Waals surface area contributed by atoms with Gasteiger partial charge in [0, 0.05) is 5.02 Å². The second-order valence-electron chi connectivity index (χ2n) is 6.75. The third kappa shape index (κ3) is 4.69. The summed E-state index contributed by atoms with van der Waals surface area (Å²) in [6, 6.07) is 10.5. The summed E-state index contributed by atoms with van der Waals surface area (Å²) in [5, 5.41) is 3.08. The molecule has 0 radical (unpaired) electrons. The van der Waals surface area contributed by atoms with Crippen molar-refractivity contribution in [1.29, 1.82) is 0 Å². The van der Waals surface area contributed by atoms with Gasteiger partial charge in [0.15, 0.2) is 5.11 Å². The monoisotopic (exact) mass is 492 g/mol. The fourth-order valence-electron chi connectivity index (χ4n) is 2.74. The second-order valence-corrected chi connectivity index (χ2v) is 8.40. The molecule has 8 heteroatoms. The maximum absolute atomic E-state index is 13.1. The first-order chi connectivity index (χ1) is 13.7. The number of aryl methyl sites for hydroxylation is 1. The summed E-state index contributed by atoms with van der Waals surface area (Å²) in [5.74, 6) is -0.385. The molecule has 0 aliphatic carbocycles. The lowest BCUT2D eigenvalue weighted by atomic mass is 10.1. The Bertz CT molecular complexity index is 1050. The lowest BCUT2D eigenvalue weighted by Gasteiger charge is -2.29. The van der Waals surface area contributed by atoms with Crippen LogP contribution in [0, 0.1) is 6.92 Å². The molecule has 0 unspecified atom stereocenters. The van der Waals surface area contributed by atoms with Crippen LogP contribution in [0.25, 0.3) is 6.08 Å². The minimum absolute atomic E-state index is 0.0129. The normalized spacial score (nSPS) is 15.9. The molecule has 29 heavy (non-hydrogen) atoms. The Kier molecular flexibility index (Phi) is 6.41. The Morgan fingerprint density at radius 1 is 1.21 bits per heavy atom. The van der Waals surface area contributed by atoms with Gasteiger partial charge in [-0.1, -0.05) is 23.7 Å². The van der Waals surface area contributed by atoms with Crippen LogP contribution >= 0.6 is 39.7 Å². The van der Waals surface area contributed by atoms with Crippen LogP contribution in [0.1, 0.15) is 25.0 Å². The van der Waals surface area contributed by atoms with Gasteiger partial charge in [0.1, 0.15) is 11.3 Å². The van der Waals surface area contributed by atoms with E-state index in [1.165, 1.54) is 11.0 Å². The molecule has 1 fully saturated rings. The van der Waals surface area contributed by atoms with Gasteiger partial charge >= 0.3 is 0 Å². The first-order valence-electron chi connectivity index (χ1n) is 8.81.